The first-order valence-electron chi connectivity index (χ1n) is 6.64. The molecule has 0 N–H and O–H groups in total. The second-order valence-corrected chi connectivity index (χ2v) is 4.74. The maximum atomic E-state index is 4.21. The molecule has 94 valence electrons. The molecule has 1 heterocycles. The van der Waals surface area contributed by atoms with E-state index in [0.717, 1.165) is 18.4 Å². The number of hydrogen-bond acceptors (Lipinski definition) is 2. The minimum atomic E-state index is 0.903. The van der Waals surface area contributed by atoms with Gasteiger partial charge in [-0.05, 0) is 41.7 Å². The number of aromatic nitrogens is 2. The molecule has 0 spiro atoms. The molecule has 0 fully saturated rings. The van der Waals surface area contributed by atoms with Gasteiger partial charge in [0, 0.05) is 5.39 Å². The third-order valence-electron chi connectivity index (χ3n) is 3.43. The highest BCUT2D eigenvalue weighted by molar-refractivity contribution is 5.82. The Morgan fingerprint density at radius 2 is 1.79 bits per heavy atom. The summed E-state index contributed by atoms with van der Waals surface area (Å²) in [5, 5.41) is 9.54. The Morgan fingerprint density at radius 1 is 0.947 bits per heavy atom. The molecule has 1 aromatic heterocycles. The fourth-order valence-electron chi connectivity index (χ4n) is 2.33. The summed E-state index contributed by atoms with van der Waals surface area (Å²) in [6.45, 7) is 2.17. The summed E-state index contributed by atoms with van der Waals surface area (Å²) in [7, 11) is 0. The third-order valence-corrected chi connectivity index (χ3v) is 3.43. The van der Waals surface area contributed by atoms with Crippen LogP contribution in [-0.4, -0.2) is 10.2 Å². The van der Waals surface area contributed by atoms with E-state index in [1.807, 2.05) is 12.3 Å². The monoisotopic (exact) mass is 248 g/mol. The topological polar surface area (TPSA) is 25.8 Å². The zero-order chi connectivity index (χ0) is 13.1. The molecule has 0 bridgehead atoms. The predicted octanol–water partition coefficient (Wildman–Crippen LogP) is 3.78. The van der Waals surface area contributed by atoms with Crippen molar-refractivity contribution in [1.82, 2.24) is 10.2 Å². The minimum absolute atomic E-state index is 0.903. The van der Waals surface area contributed by atoms with Crippen molar-refractivity contribution in [1.29, 1.82) is 0 Å². The standard InChI is InChI=1S/C17H16N2/c1-2-13-8-9-17-16(11-13)15(12-18-19-17)10-14-6-4-3-5-7-14/h3-9,11-12H,2,10H2,1H3. The van der Waals surface area contributed by atoms with Crippen molar-refractivity contribution in [2.75, 3.05) is 0 Å². The number of fused-ring (bicyclic) bond motifs is 1. The minimum Gasteiger partial charge on any atom is -0.158 e. The van der Waals surface area contributed by atoms with E-state index in [4.69, 9.17) is 0 Å². The van der Waals surface area contributed by atoms with E-state index < -0.39 is 0 Å². The largest absolute Gasteiger partial charge is 0.158 e. The van der Waals surface area contributed by atoms with Crippen LogP contribution in [0.5, 0.6) is 0 Å². The highest BCUT2D eigenvalue weighted by atomic mass is 15.1. The molecular formula is C17H16N2. The van der Waals surface area contributed by atoms with Crippen LogP contribution in [0, 0.1) is 0 Å². The van der Waals surface area contributed by atoms with E-state index in [1.54, 1.807) is 0 Å². The van der Waals surface area contributed by atoms with E-state index in [-0.39, 0.29) is 0 Å². The van der Waals surface area contributed by atoms with E-state index >= 15 is 0 Å². The Kier molecular flexibility index (Phi) is 3.23. The van der Waals surface area contributed by atoms with Crippen molar-refractivity contribution in [2.45, 2.75) is 19.8 Å². The Hall–Kier alpha value is -2.22. The van der Waals surface area contributed by atoms with E-state index in [0.29, 0.717) is 0 Å². The summed E-state index contributed by atoms with van der Waals surface area (Å²) in [4.78, 5) is 0. The molecule has 0 aliphatic heterocycles. The van der Waals surface area contributed by atoms with Gasteiger partial charge >= 0.3 is 0 Å². The molecule has 0 saturated carbocycles. The highest BCUT2D eigenvalue weighted by Gasteiger charge is 2.05. The normalized spacial score (nSPS) is 10.8. The van der Waals surface area contributed by atoms with Gasteiger partial charge in [0.1, 0.15) is 0 Å². The van der Waals surface area contributed by atoms with Crippen LogP contribution in [0.15, 0.2) is 54.7 Å². The number of aryl methyl sites for hydroxylation is 1. The van der Waals surface area contributed by atoms with E-state index in [1.165, 1.54) is 22.1 Å². The molecule has 3 rings (SSSR count). The SMILES string of the molecule is CCc1ccc2nncc(Cc3ccccc3)c2c1. The van der Waals surface area contributed by atoms with Crippen molar-refractivity contribution in [3.63, 3.8) is 0 Å². The molecule has 19 heavy (non-hydrogen) atoms. The van der Waals surface area contributed by atoms with Crippen LogP contribution >= 0.6 is 0 Å². The number of benzene rings is 2. The summed E-state index contributed by atoms with van der Waals surface area (Å²) in [6, 6.07) is 16.9. The van der Waals surface area contributed by atoms with Crippen molar-refractivity contribution in [2.24, 2.45) is 0 Å². The molecule has 0 aliphatic carbocycles. The van der Waals surface area contributed by atoms with Crippen LogP contribution in [0.4, 0.5) is 0 Å². The van der Waals surface area contributed by atoms with Crippen LogP contribution < -0.4 is 0 Å². The van der Waals surface area contributed by atoms with Gasteiger partial charge in [-0.25, -0.2) is 0 Å². The van der Waals surface area contributed by atoms with Crippen LogP contribution in [0.2, 0.25) is 0 Å². The molecular weight excluding hydrogens is 232 g/mol. The second kappa shape index (κ2) is 5.19. The fourth-order valence-corrected chi connectivity index (χ4v) is 2.33. The van der Waals surface area contributed by atoms with Gasteiger partial charge in [0.05, 0.1) is 11.7 Å². The van der Waals surface area contributed by atoms with Crippen LogP contribution in [0.25, 0.3) is 10.9 Å². The molecule has 0 unspecified atom stereocenters. The first kappa shape index (κ1) is 11.8. The first-order valence-corrected chi connectivity index (χ1v) is 6.64. The van der Waals surface area contributed by atoms with Crippen LogP contribution in [0.3, 0.4) is 0 Å². The van der Waals surface area contributed by atoms with Crippen molar-refractivity contribution < 1.29 is 0 Å². The van der Waals surface area contributed by atoms with E-state index in [9.17, 15) is 0 Å². The van der Waals surface area contributed by atoms with Gasteiger partial charge in [0.2, 0.25) is 0 Å². The molecule has 0 radical (unpaired) electrons. The van der Waals surface area contributed by atoms with Crippen LogP contribution in [-0.2, 0) is 12.8 Å². The fraction of sp³-hybridized carbons (Fsp3) is 0.176. The Bertz CT molecular complexity index is 690. The lowest BCUT2D eigenvalue weighted by molar-refractivity contribution is 1.03. The number of hydrogen-bond donors (Lipinski definition) is 0. The molecule has 2 heteroatoms. The van der Waals surface area contributed by atoms with E-state index in [2.05, 4.69) is 59.6 Å². The van der Waals surface area contributed by atoms with Gasteiger partial charge in [-0.1, -0.05) is 43.3 Å². The summed E-state index contributed by atoms with van der Waals surface area (Å²) in [5.41, 5.74) is 4.87. The zero-order valence-corrected chi connectivity index (χ0v) is 11.0. The maximum Gasteiger partial charge on any atom is 0.0932 e. The van der Waals surface area contributed by atoms with Gasteiger partial charge in [-0.2, -0.15) is 10.2 Å². The molecule has 0 aliphatic rings. The molecule has 2 nitrogen and oxygen atoms in total. The number of rotatable bonds is 3. The predicted molar refractivity (Wildman–Crippen MR) is 78.2 cm³/mol. The van der Waals surface area contributed by atoms with Crippen molar-refractivity contribution in [3.8, 4) is 0 Å². The molecule has 2 aromatic carbocycles. The summed E-state index contributed by atoms with van der Waals surface area (Å²) in [6.07, 6.45) is 3.83. The van der Waals surface area contributed by atoms with Crippen molar-refractivity contribution in [3.05, 3.63) is 71.4 Å². The average Bonchev–Trinajstić information content (AvgIpc) is 2.48. The molecule has 3 aromatic rings. The lowest BCUT2D eigenvalue weighted by Gasteiger charge is -2.07. The van der Waals surface area contributed by atoms with Gasteiger partial charge in [0.15, 0.2) is 0 Å². The highest BCUT2D eigenvalue weighted by Crippen LogP contribution is 2.20. The molecule has 0 atom stereocenters. The first-order chi connectivity index (χ1) is 9.36. The second-order valence-electron chi connectivity index (χ2n) is 4.74. The molecule has 0 saturated heterocycles. The summed E-state index contributed by atoms with van der Waals surface area (Å²) < 4.78 is 0. The smallest absolute Gasteiger partial charge is 0.0932 e. The lowest BCUT2D eigenvalue weighted by Crippen LogP contribution is -1.95. The van der Waals surface area contributed by atoms with Gasteiger partial charge < -0.3 is 0 Å². The maximum absolute atomic E-state index is 4.21. The number of nitrogens with zero attached hydrogens (tertiary/aromatic N) is 2. The molecule has 0 amide bonds. The summed E-state index contributed by atoms with van der Waals surface area (Å²) >= 11 is 0. The Morgan fingerprint density at radius 3 is 2.58 bits per heavy atom. The third kappa shape index (κ3) is 2.48. The lowest BCUT2D eigenvalue weighted by atomic mass is 10.0. The summed E-state index contributed by atoms with van der Waals surface area (Å²) in [5.74, 6) is 0. The van der Waals surface area contributed by atoms with Gasteiger partial charge in [-0.15, -0.1) is 0 Å². The Balaban J connectivity index is 2.07. The van der Waals surface area contributed by atoms with Crippen LogP contribution in [0.1, 0.15) is 23.6 Å². The zero-order valence-electron chi connectivity index (χ0n) is 11.0. The Labute approximate surface area is 113 Å². The van der Waals surface area contributed by atoms with Crippen molar-refractivity contribution >= 4 is 10.9 Å². The van der Waals surface area contributed by atoms with Gasteiger partial charge in [-0.3, -0.25) is 0 Å². The van der Waals surface area contributed by atoms with Gasteiger partial charge in [0.25, 0.3) is 0 Å². The quantitative estimate of drug-likeness (QED) is 0.705. The average molecular weight is 248 g/mol.